The molecular weight excluding hydrogens is 284 g/mol. The van der Waals surface area contributed by atoms with Crippen LogP contribution < -0.4 is 5.32 Å². The van der Waals surface area contributed by atoms with Crippen LogP contribution in [0, 0.1) is 21.4 Å². The van der Waals surface area contributed by atoms with Gasteiger partial charge in [-0.05, 0) is 43.1 Å². The van der Waals surface area contributed by atoms with Crippen molar-refractivity contribution in [3.8, 4) is 0 Å². The molecule has 1 saturated carbocycles. The van der Waals surface area contributed by atoms with E-state index in [1.165, 1.54) is 12.1 Å². The van der Waals surface area contributed by atoms with Gasteiger partial charge in [0, 0.05) is 6.04 Å². The van der Waals surface area contributed by atoms with Crippen LogP contribution in [-0.4, -0.2) is 16.9 Å². The summed E-state index contributed by atoms with van der Waals surface area (Å²) >= 11 is 0. The second-order valence-corrected chi connectivity index (χ2v) is 6.76. The molecule has 0 bridgehead atoms. The number of nitrogens with one attached hydrogen (secondary N) is 1. The zero-order valence-electron chi connectivity index (χ0n) is 13.4. The van der Waals surface area contributed by atoms with Crippen molar-refractivity contribution in [2.24, 2.45) is 11.3 Å². The van der Waals surface area contributed by atoms with Crippen molar-refractivity contribution in [1.29, 1.82) is 0 Å². The third-order valence-corrected chi connectivity index (χ3v) is 5.07. The van der Waals surface area contributed by atoms with Gasteiger partial charge >= 0.3 is 5.88 Å². The topological polar surface area (TPSA) is 85.4 Å². The van der Waals surface area contributed by atoms with Crippen molar-refractivity contribution >= 4 is 11.8 Å². The fourth-order valence-corrected chi connectivity index (χ4v) is 3.11. The highest BCUT2D eigenvalue weighted by Gasteiger charge is 2.32. The third kappa shape index (κ3) is 3.67. The van der Waals surface area contributed by atoms with Crippen LogP contribution in [0.25, 0.3) is 0 Å². The average Bonchev–Trinajstić information content (AvgIpc) is 2.98. The van der Waals surface area contributed by atoms with Crippen LogP contribution in [0.3, 0.4) is 0 Å². The molecule has 1 fully saturated rings. The van der Waals surface area contributed by atoms with E-state index in [2.05, 4.69) is 26.1 Å². The van der Waals surface area contributed by atoms with E-state index in [0.717, 1.165) is 32.1 Å². The van der Waals surface area contributed by atoms with E-state index in [-0.39, 0.29) is 17.7 Å². The Morgan fingerprint density at radius 3 is 2.50 bits per heavy atom. The molecule has 1 heterocycles. The Labute approximate surface area is 130 Å². The predicted octanol–water partition coefficient (Wildman–Crippen LogP) is 3.91. The third-order valence-electron chi connectivity index (χ3n) is 5.07. The van der Waals surface area contributed by atoms with Crippen molar-refractivity contribution in [2.75, 3.05) is 0 Å². The first-order chi connectivity index (χ1) is 10.3. The van der Waals surface area contributed by atoms with Crippen LogP contribution in [-0.2, 0) is 0 Å². The highest BCUT2D eigenvalue weighted by molar-refractivity contribution is 5.91. The number of hydrogen-bond acceptors (Lipinski definition) is 4. The van der Waals surface area contributed by atoms with Gasteiger partial charge in [-0.25, -0.2) is 0 Å². The van der Waals surface area contributed by atoms with Crippen LogP contribution in [0.2, 0.25) is 0 Å². The minimum atomic E-state index is -0.644. The van der Waals surface area contributed by atoms with E-state index in [0.29, 0.717) is 11.3 Å². The second kappa shape index (κ2) is 6.50. The molecule has 0 aliphatic heterocycles. The monoisotopic (exact) mass is 308 g/mol. The zero-order valence-corrected chi connectivity index (χ0v) is 13.4. The van der Waals surface area contributed by atoms with E-state index in [1.807, 2.05) is 0 Å². The van der Waals surface area contributed by atoms with Crippen molar-refractivity contribution in [1.82, 2.24) is 5.32 Å². The standard InChI is InChI=1S/C16H24N2O4/c1-4-16(2,3)11-5-7-12(8-6-11)17-15(19)13-9-10-14(22-13)18(20)21/h9-12H,4-8H2,1-3H3,(H,17,19). The van der Waals surface area contributed by atoms with Gasteiger partial charge < -0.3 is 9.73 Å². The molecule has 0 aromatic carbocycles. The van der Waals surface area contributed by atoms with E-state index >= 15 is 0 Å². The molecule has 2 rings (SSSR count). The first kappa shape index (κ1) is 16.5. The lowest BCUT2D eigenvalue weighted by Gasteiger charge is -2.39. The van der Waals surface area contributed by atoms with Gasteiger partial charge in [0.15, 0.2) is 5.76 Å². The molecule has 122 valence electrons. The molecule has 22 heavy (non-hydrogen) atoms. The summed E-state index contributed by atoms with van der Waals surface area (Å²) in [5.74, 6) is -0.0806. The Kier molecular flexibility index (Phi) is 4.88. The normalized spacial score (nSPS) is 22.3. The summed E-state index contributed by atoms with van der Waals surface area (Å²) in [7, 11) is 0. The molecule has 0 saturated heterocycles. The van der Waals surface area contributed by atoms with Crippen LogP contribution in [0.4, 0.5) is 5.88 Å². The fraction of sp³-hybridized carbons (Fsp3) is 0.688. The molecule has 1 aliphatic carbocycles. The smallest absolute Gasteiger partial charge is 0.395 e. The quantitative estimate of drug-likeness (QED) is 0.660. The predicted molar refractivity (Wildman–Crippen MR) is 82.6 cm³/mol. The minimum absolute atomic E-state index is 0.00251. The fourth-order valence-electron chi connectivity index (χ4n) is 3.11. The van der Waals surface area contributed by atoms with Gasteiger partial charge in [-0.2, -0.15) is 0 Å². The van der Waals surface area contributed by atoms with Crippen LogP contribution in [0.15, 0.2) is 16.5 Å². The van der Waals surface area contributed by atoms with E-state index < -0.39 is 10.8 Å². The van der Waals surface area contributed by atoms with Gasteiger partial charge in [0.1, 0.15) is 4.92 Å². The second-order valence-electron chi connectivity index (χ2n) is 6.76. The Bertz CT molecular complexity index is 542. The van der Waals surface area contributed by atoms with Gasteiger partial charge in [0.25, 0.3) is 5.91 Å². The van der Waals surface area contributed by atoms with Crippen molar-refractivity contribution in [3.63, 3.8) is 0 Å². The molecule has 6 nitrogen and oxygen atoms in total. The Hall–Kier alpha value is -1.85. The summed E-state index contributed by atoms with van der Waals surface area (Å²) in [6.07, 6.45) is 5.25. The number of amides is 1. The first-order valence-corrected chi connectivity index (χ1v) is 7.88. The van der Waals surface area contributed by atoms with Gasteiger partial charge in [0.2, 0.25) is 0 Å². The number of carbonyl (C=O) groups is 1. The number of furan rings is 1. The number of hydrogen-bond donors (Lipinski definition) is 1. The Morgan fingerprint density at radius 2 is 2.00 bits per heavy atom. The van der Waals surface area contributed by atoms with Crippen molar-refractivity contribution < 1.29 is 14.1 Å². The molecule has 1 N–H and O–H groups in total. The Balaban J connectivity index is 1.87. The molecule has 6 heteroatoms. The molecule has 0 atom stereocenters. The SMILES string of the molecule is CCC(C)(C)C1CCC(NC(=O)c2ccc([N+](=O)[O-])o2)CC1. The molecule has 1 aliphatic rings. The minimum Gasteiger partial charge on any atom is -0.395 e. The summed E-state index contributed by atoms with van der Waals surface area (Å²) in [6, 6.07) is 2.68. The molecule has 0 radical (unpaired) electrons. The lowest BCUT2D eigenvalue weighted by atomic mass is 9.69. The first-order valence-electron chi connectivity index (χ1n) is 7.88. The summed E-state index contributed by atoms with van der Waals surface area (Å²) < 4.78 is 4.93. The van der Waals surface area contributed by atoms with Gasteiger partial charge in [0.05, 0.1) is 6.07 Å². The summed E-state index contributed by atoms with van der Waals surface area (Å²) in [5, 5.41) is 13.5. The summed E-state index contributed by atoms with van der Waals surface area (Å²) in [6.45, 7) is 6.83. The molecule has 1 amide bonds. The van der Waals surface area contributed by atoms with Gasteiger partial charge in [-0.1, -0.05) is 27.2 Å². The zero-order chi connectivity index (χ0) is 16.3. The molecule has 1 aromatic rings. The molecular formula is C16H24N2O4. The van der Waals surface area contributed by atoms with Crippen molar-refractivity contribution in [2.45, 2.75) is 58.9 Å². The maximum Gasteiger partial charge on any atom is 0.433 e. The Morgan fingerprint density at radius 1 is 1.36 bits per heavy atom. The largest absolute Gasteiger partial charge is 0.433 e. The highest BCUT2D eigenvalue weighted by atomic mass is 16.6. The number of nitrogens with zero attached hydrogens (tertiary/aromatic N) is 1. The number of rotatable bonds is 5. The van der Waals surface area contributed by atoms with Crippen LogP contribution in [0.5, 0.6) is 0 Å². The van der Waals surface area contributed by atoms with E-state index in [1.54, 1.807) is 0 Å². The van der Waals surface area contributed by atoms with Crippen molar-refractivity contribution in [3.05, 3.63) is 28.0 Å². The summed E-state index contributed by atoms with van der Waals surface area (Å²) in [4.78, 5) is 22.0. The van der Waals surface area contributed by atoms with Crippen LogP contribution >= 0.6 is 0 Å². The van der Waals surface area contributed by atoms with Gasteiger partial charge in [-0.15, -0.1) is 0 Å². The number of nitro groups is 1. The molecule has 1 aromatic heterocycles. The maximum absolute atomic E-state index is 12.1. The summed E-state index contributed by atoms with van der Waals surface area (Å²) in [5.41, 5.74) is 0.344. The number of carbonyl (C=O) groups excluding carboxylic acids is 1. The van der Waals surface area contributed by atoms with E-state index in [9.17, 15) is 14.9 Å². The van der Waals surface area contributed by atoms with E-state index in [4.69, 9.17) is 4.42 Å². The lowest BCUT2D eigenvalue weighted by Crippen LogP contribution is -2.39. The average molecular weight is 308 g/mol. The van der Waals surface area contributed by atoms with Gasteiger partial charge in [-0.3, -0.25) is 14.9 Å². The lowest BCUT2D eigenvalue weighted by molar-refractivity contribution is -0.402. The molecule has 0 spiro atoms. The molecule has 0 unspecified atom stereocenters. The highest BCUT2D eigenvalue weighted by Crippen LogP contribution is 2.40. The van der Waals surface area contributed by atoms with Crippen LogP contribution in [0.1, 0.15) is 63.4 Å². The maximum atomic E-state index is 12.1.